The summed E-state index contributed by atoms with van der Waals surface area (Å²) >= 11 is 0. The number of methoxy groups -OCH3 is 1. The molecule has 0 bridgehead atoms. The molecule has 3 heteroatoms. The van der Waals surface area contributed by atoms with Crippen LogP contribution in [0.3, 0.4) is 0 Å². The second-order valence-corrected chi connectivity index (χ2v) is 7.64. The standard InChI is InChI=1S/C20H27NO2/c1-4-14-7-10-18-16-9-6-13-5-8-15(23-3)11-17(13)19(16)21(2)12-20(14,18)22/h4-5,8,11,14,16,18-19,22H,1,6-7,9-10,12H2,2-3H3/t14-,16+,18+,19-,20+/m1/s1. The van der Waals surface area contributed by atoms with Crippen molar-refractivity contribution in [2.45, 2.75) is 37.3 Å². The molecule has 0 amide bonds. The molecule has 3 nitrogen and oxygen atoms in total. The summed E-state index contributed by atoms with van der Waals surface area (Å²) in [5.41, 5.74) is 2.27. The molecule has 4 rings (SSSR count). The van der Waals surface area contributed by atoms with E-state index in [0.717, 1.165) is 31.6 Å². The first-order valence-electron chi connectivity index (χ1n) is 8.80. The number of β-amino-alcohol motifs (C(OH)–C–C–N with tert-alkyl or cyclic N) is 1. The maximum Gasteiger partial charge on any atom is 0.119 e. The Morgan fingerprint density at radius 2 is 2.17 bits per heavy atom. The molecule has 2 aliphatic carbocycles. The predicted molar refractivity (Wildman–Crippen MR) is 91.5 cm³/mol. The largest absolute Gasteiger partial charge is 0.497 e. The molecule has 0 aromatic heterocycles. The van der Waals surface area contributed by atoms with Gasteiger partial charge in [0.25, 0.3) is 0 Å². The van der Waals surface area contributed by atoms with Gasteiger partial charge in [0.2, 0.25) is 0 Å². The maximum atomic E-state index is 11.4. The molecule has 1 aromatic rings. The van der Waals surface area contributed by atoms with E-state index in [0.29, 0.717) is 17.9 Å². The number of likely N-dealkylation sites (N-methyl/N-ethyl adjacent to an activating group) is 1. The molecule has 3 aliphatic rings. The molecule has 5 atom stereocenters. The summed E-state index contributed by atoms with van der Waals surface area (Å²) in [6, 6.07) is 6.91. The summed E-state index contributed by atoms with van der Waals surface area (Å²) in [6.07, 6.45) is 6.47. The molecule has 0 unspecified atom stereocenters. The fourth-order valence-electron chi connectivity index (χ4n) is 5.67. The second kappa shape index (κ2) is 5.35. The number of aliphatic hydroxyl groups is 1. The van der Waals surface area contributed by atoms with Crippen LogP contribution in [-0.2, 0) is 6.42 Å². The Balaban J connectivity index is 1.75. The molecule has 1 heterocycles. The number of fused-ring (bicyclic) bond motifs is 5. The van der Waals surface area contributed by atoms with Crippen LogP contribution in [0, 0.1) is 17.8 Å². The van der Waals surface area contributed by atoms with E-state index in [9.17, 15) is 5.11 Å². The molecule has 1 saturated carbocycles. The smallest absolute Gasteiger partial charge is 0.119 e. The lowest BCUT2D eigenvalue weighted by molar-refractivity contribution is -0.123. The average Bonchev–Trinajstić information content (AvgIpc) is 2.89. The van der Waals surface area contributed by atoms with Crippen LogP contribution < -0.4 is 4.74 Å². The number of ether oxygens (including phenoxy) is 1. The molecule has 23 heavy (non-hydrogen) atoms. The van der Waals surface area contributed by atoms with E-state index in [4.69, 9.17) is 4.74 Å². The Labute approximate surface area is 139 Å². The summed E-state index contributed by atoms with van der Waals surface area (Å²) in [4.78, 5) is 2.38. The van der Waals surface area contributed by atoms with Crippen LogP contribution in [0.25, 0.3) is 0 Å². The van der Waals surface area contributed by atoms with Crippen LogP contribution in [0.2, 0.25) is 0 Å². The zero-order valence-electron chi connectivity index (χ0n) is 14.2. The Hall–Kier alpha value is -1.32. The lowest BCUT2D eigenvalue weighted by Gasteiger charge is -2.53. The zero-order chi connectivity index (χ0) is 16.2. The normalized spacial score (nSPS) is 39.3. The van der Waals surface area contributed by atoms with Gasteiger partial charge in [-0.1, -0.05) is 12.1 Å². The topological polar surface area (TPSA) is 32.7 Å². The number of rotatable bonds is 2. The molecule has 124 valence electrons. The summed E-state index contributed by atoms with van der Waals surface area (Å²) in [6.45, 7) is 4.71. The fourth-order valence-corrected chi connectivity index (χ4v) is 5.67. The number of aryl methyl sites for hydroxylation is 1. The Morgan fingerprint density at radius 1 is 1.35 bits per heavy atom. The lowest BCUT2D eigenvalue weighted by atomic mass is 9.64. The van der Waals surface area contributed by atoms with Gasteiger partial charge >= 0.3 is 0 Å². The Morgan fingerprint density at radius 3 is 2.91 bits per heavy atom. The lowest BCUT2D eigenvalue weighted by Crippen LogP contribution is -2.59. The summed E-state index contributed by atoms with van der Waals surface area (Å²) < 4.78 is 5.45. The van der Waals surface area contributed by atoms with Crippen molar-refractivity contribution in [3.05, 3.63) is 42.0 Å². The monoisotopic (exact) mass is 313 g/mol. The van der Waals surface area contributed by atoms with Crippen molar-refractivity contribution in [3.63, 3.8) is 0 Å². The van der Waals surface area contributed by atoms with Gasteiger partial charge in [-0.2, -0.15) is 0 Å². The number of hydrogen-bond acceptors (Lipinski definition) is 3. The van der Waals surface area contributed by atoms with Gasteiger partial charge in [-0.25, -0.2) is 0 Å². The van der Waals surface area contributed by atoms with Crippen molar-refractivity contribution in [3.8, 4) is 5.75 Å². The van der Waals surface area contributed by atoms with Crippen molar-refractivity contribution >= 4 is 0 Å². The summed E-state index contributed by atoms with van der Waals surface area (Å²) in [5, 5.41) is 11.4. The van der Waals surface area contributed by atoms with Gasteiger partial charge in [-0.3, -0.25) is 4.90 Å². The van der Waals surface area contributed by atoms with Gasteiger partial charge in [0.05, 0.1) is 12.7 Å². The van der Waals surface area contributed by atoms with Crippen molar-refractivity contribution in [2.75, 3.05) is 20.7 Å². The first-order valence-corrected chi connectivity index (χ1v) is 8.80. The first-order chi connectivity index (χ1) is 11.1. The number of nitrogens with zero attached hydrogens (tertiary/aromatic N) is 1. The van der Waals surface area contributed by atoms with Crippen LogP contribution in [0.4, 0.5) is 0 Å². The van der Waals surface area contributed by atoms with Crippen molar-refractivity contribution < 1.29 is 9.84 Å². The SMILES string of the molecule is C=C[C@@H]1CC[C@H]2[C@@H]3CCc4ccc(OC)cc4[C@@H]3N(C)C[C@]12O. The first kappa shape index (κ1) is 15.2. The number of likely N-dealkylation sites (tertiary alicyclic amines) is 1. The quantitative estimate of drug-likeness (QED) is 0.851. The van der Waals surface area contributed by atoms with Crippen LogP contribution in [0.5, 0.6) is 5.75 Å². The van der Waals surface area contributed by atoms with E-state index >= 15 is 0 Å². The molecular formula is C20H27NO2. The summed E-state index contributed by atoms with van der Waals surface area (Å²) in [5.74, 6) is 2.10. The van der Waals surface area contributed by atoms with E-state index < -0.39 is 5.60 Å². The van der Waals surface area contributed by atoms with Gasteiger partial charge in [-0.05, 0) is 67.8 Å². The van der Waals surface area contributed by atoms with Gasteiger partial charge < -0.3 is 9.84 Å². The fraction of sp³-hybridized carbons (Fsp3) is 0.600. The molecule has 1 N–H and O–H groups in total. The minimum absolute atomic E-state index is 0.239. The van der Waals surface area contributed by atoms with Crippen molar-refractivity contribution in [1.82, 2.24) is 4.90 Å². The Bertz CT molecular complexity index is 628. The van der Waals surface area contributed by atoms with Crippen molar-refractivity contribution in [1.29, 1.82) is 0 Å². The summed E-state index contributed by atoms with van der Waals surface area (Å²) in [7, 11) is 3.90. The van der Waals surface area contributed by atoms with Crippen LogP contribution in [0.15, 0.2) is 30.9 Å². The van der Waals surface area contributed by atoms with Gasteiger partial charge in [0.15, 0.2) is 0 Å². The molecular weight excluding hydrogens is 286 g/mol. The van der Waals surface area contributed by atoms with Crippen LogP contribution in [0.1, 0.15) is 36.4 Å². The molecule has 1 saturated heterocycles. The number of benzene rings is 1. The van der Waals surface area contributed by atoms with E-state index in [-0.39, 0.29) is 5.92 Å². The number of piperidine rings is 1. The maximum absolute atomic E-state index is 11.4. The third kappa shape index (κ3) is 2.10. The molecule has 0 spiro atoms. The van der Waals surface area contributed by atoms with Gasteiger partial charge in [0.1, 0.15) is 5.75 Å². The third-order valence-electron chi connectivity index (χ3n) is 6.68. The van der Waals surface area contributed by atoms with E-state index in [2.05, 4.69) is 36.7 Å². The van der Waals surface area contributed by atoms with Crippen LogP contribution >= 0.6 is 0 Å². The van der Waals surface area contributed by atoms with Crippen molar-refractivity contribution in [2.24, 2.45) is 17.8 Å². The molecule has 2 fully saturated rings. The minimum atomic E-state index is -0.589. The second-order valence-electron chi connectivity index (χ2n) is 7.64. The molecule has 1 aliphatic heterocycles. The van der Waals surface area contributed by atoms with Gasteiger partial charge in [-0.15, -0.1) is 6.58 Å². The Kier molecular flexibility index (Phi) is 3.54. The highest BCUT2D eigenvalue weighted by molar-refractivity contribution is 5.41. The molecule has 1 aromatic carbocycles. The van der Waals surface area contributed by atoms with Crippen LogP contribution in [-0.4, -0.2) is 36.3 Å². The number of hydrogen-bond donors (Lipinski definition) is 1. The molecule has 0 radical (unpaired) electrons. The highest BCUT2D eigenvalue weighted by atomic mass is 16.5. The highest BCUT2D eigenvalue weighted by Crippen LogP contribution is 2.56. The average molecular weight is 313 g/mol. The van der Waals surface area contributed by atoms with E-state index in [1.165, 1.54) is 17.5 Å². The third-order valence-corrected chi connectivity index (χ3v) is 6.68. The van der Waals surface area contributed by atoms with E-state index in [1.54, 1.807) is 7.11 Å². The van der Waals surface area contributed by atoms with E-state index in [1.807, 2.05) is 6.08 Å². The highest BCUT2D eigenvalue weighted by Gasteiger charge is 2.57. The minimum Gasteiger partial charge on any atom is -0.497 e. The van der Waals surface area contributed by atoms with Gasteiger partial charge in [0, 0.05) is 18.5 Å². The zero-order valence-corrected chi connectivity index (χ0v) is 14.2. The predicted octanol–water partition coefficient (Wildman–Crippen LogP) is 3.19.